The molecule has 0 aliphatic carbocycles. The van der Waals surface area contributed by atoms with Crippen molar-refractivity contribution in [2.45, 2.75) is 45.3 Å². The van der Waals surface area contributed by atoms with Crippen LogP contribution in [0, 0.1) is 0 Å². The quantitative estimate of drug-likeness (QED) is 0.114. The van der Waals surface area contributed by atoms with Gasteiger partial charge in [-0.1, -0.05) is 159 Å². The fourth-order valence-corrected chi connectivity index (χ4v) is 7.11. The molecule has 0 unspecified atom stereocenters. The molecule has 8 nitrogen and oxygen atoms in total. The Hall–Kier alpha value is -6.41. The number of carbonyl (C=O) groups excluding carboxylic acids is 1. The number of benzene rings is 5. The number of rotatable bonds is 14. The lowest BCUT2D eigenvalue weighted by molar-refractivity contribution is -0.119. The average molecular weight is 698 g/mol. The third-order valence-electron chi connectivity index (χ3n) is 9.64. The minimum absolute atomic E-state index is 0.0595. The van der Waals surface area contributed by atoms with Crippen molar-refractivity contribution in [2.75, 3.05) is 11.4 Å². The molecule has 0 aliphatic rings. The number of unbranched alkanes of at least 4 members (excludes halogenated alkanes) is 1. The van der Waals surface area contributed by atoms with Gasteiger partial charge in [0.25, 0.3) is 0 Å². The van der Waals surface area contributed by atoms with Gasteiger partial charge in [-0.25, -0.2) is 9.67 Å². The summed E-state index contributed by atoms with van der Waals surface area (Å²) in [5.74, 6) is 1.50. The third kappa shape index (κ3) is 7.35. The maximum atomic E-state index is 11.7. The van der Waals surface area contributed by atoms with E-state index >= 15 is 0 Å². The van der Waals surface area contributed by atoms with Gasteiger partial charge in [0.15, 0.2) is 5.82 Å². The Labute approximate surface area is 311 Å². The largest absolute Gasteiger partial charge is 0.352 e. The topological polar surface area (TPSA) is 88.8 Å². The average Bonchev–Trinajstić information content (AvgIpc) is 3.71. The molecule has 2 aromatic heterocycles. The van der Waals surface area contributed by atoms with E-state index in [1.165, 1.54) is 12.5 Å². The zero-order chi connectivity index (χ0) is 36.5. The third-order valence-corrected chi connectivity index (χ3v) is 9.64. The summed E-state index contributed by atoms with van der Waals surface area (Å²) in [7, 11) is 0. The van der Waals surface area contributed by atoms with Gasteiger partial charge in [0.05, 0.1) is 0 Å². The normalized spacial score (nSPS) is 11.3. The van der Waals surface area contributed by atoms with Crippen molar-refractivity contribution in [3.63, 3.8) is 0 Å². The van der Waals surface area contributed by atoms with E-state index in [0.717, 1.165) is 64.1 Å². The minimum atomic E-state index is -0.855. The Kier molecular flexibility index (Phi) is 10.8. The van der Waals surface area contributed by atoms with Crippen LogP contribution >= 0.6 is 0 Å². The summed E-state index contributed by atoms with van der Waals surface area (Å²) in [6.07, 6.45) is 3.92. The van der Waals surface area contributed by atoms with E-state index in [4.69, 9.17) is 15.3 Å². The summed E-state index contributed by atoms with van der Waals surface area (Å²) >= 11 is 0. The van der Waals surface area contributed by atoms with Gasteiger partial charge >= 0.3 is 0 Å². The van der Waals surface area contributed by atoms with Crippen LogP contribution in [0.15, 0.2) is 158 Å². The van der Waals surface area contributed by atoms with E-state index in [-0.39, 0.29) is 5.91 Å². The van der Waals surface area contributed by atoms with Gasteiger partial charge in [0.1, 0.15) is 11.4 Å². The van der Waals surface area contributed by atoms with Crippen molar-refractivity contribution in [1.82, 2.24) is 30.5 Å². The van der Waals surface area contributed by atoms with Gasteiger partial charge in [-0.15, -0.1) is 5.10 Å². The molecule has 0 saturated carbocycles. The van der Waals surface area contributed by atoms with Crippen LogP contribution in [-0.2, 0) is 23.4 Å². The van der Waals surface area contributed by atoms with E-state index in [2.05, 4.69) is 138 Å². The van der Waals surface area contributed by atoms with Gasteiger partial charge in [-0.2, -0.15) is 0 Å². The van der Waals surface area contributed by atoms with Crippen LogP contribution < -0.4 is 10.2 Å². The minimum Gasteiger partial charge on any atom is -0.352 e. The van der Waals surface area contributed by atoms with Crippen LogP contribution in [-0.4, -0.2) is 37.6 Å². The number of tetrazole rings is 1. The molecule has 53 heavy (non-hydrogen) atoms. The lowest BCUT2D eigenvalue weighted by Gasteiger charge is -2.36. The maximum absolute atomic E-state index is 11.7. The Bertz CT molecular complexity index is 2140. The second kappa shape index (κ2) is 16.3. The number of hydrogen-bond acceptors (Lipinski definition) is 6. The van der Waals surface area contributed by atoms with Crippen molar-refractivity contribution >= 4 is 11.7 Å². The fourth-order valence-electron chi connectivity index (χ4n) is 7.11. The summed E-state index contributed by atoms with van der Waals surface area (Å²) in [6.45, 7) is 5.73. The highest BCUT2D eigenvalue weighted by Gasteiger charge is 2.42. The lowest BCUT2D eigenvalue weighted by Crippen LogP contribution is -2.39. The molecule has 7 aromatic rings. The second-order valence-electron chi connectivity index (χ2n) is 13.1. The molecular weight excluding hydrogens is 655 g/mol. The molecule has 1 N–H and O–H groups in total. The molecular formula is C45H43N7O. The number of hydrogen-bond donors (Lipinski definition) is 1. The Morgan fingerprint density at radius 2 is 1.30 bits per heavy atom. The summed E-state index contributed by atoms with van der Waals surface area (Å²) < 4.78 is 1.98. The first-order valence-corrected chi connectivity index (χ1v) is 18.2. The standard InChI is InChI=1S/C45H43N7O/c1-3-4-31-51(43-37(17-16-30-46-43)32-47-34(2)53)33-35-26-28-36(29-27-35)41-24-14-15-25-42(41)44-48-49-50-52(44)45(38-18-8-5-9-19-38,39-20-10-6-11-21-39)40-22-12-7-13-23-40/h5-30H,3-4,31-33H2,1-2H3,(H,47,53). The molecule has 0 fully saturated rings. The molecule has 0 atom stereocenters. The summed E-state index contributed by atoms with van der Waals surface area (Å²) in [5.41, 5.74) is 7.48. The molecule has 5 aromatic carbocycles. The Morgan fingerprint density at radius 3 is 1.89 bits per heavy atom. The van der Waals surface area contributed by atoms with Crippen LogP contribution in [0.4, 0.5) is 5.82 Å². The van der Waals surface area contributed by atoms with Crippen LogP contribution in [0.3, 0.4) is 0 Å². The predicted octanol–water partition coefficient (Wildman–Crippen LogP) is 8.69. The highest BCUT2D eigenvalue weighted by Crippen LogP contribution is 2.43. The first kappa shape index (κ1) is 35.0. The molecule has 8 heteroatoms. The summed E-state index contributed by atoms with van der Waals surface area (Å²) in [4.78, 5) is 18.8. The molecule has 2 heterocycles. The van der Waals surface area contributed by atoms with Gasteiger partial charge < -0.3 is 10.2 Å². The molecule has 0 aliphatic heterocycles. The summed E-state index contributed by atoms with van der Waals surface area (Å²) in [6, 6.07) is 52.4. The van der Waals surface area contributed by atoms with E-state index in [0.29, 0.717) is 18.9 Å². The van der Waals surface area contributed by atoms with Gasteiger partial charge in [-0.05, 0) is 56.3 Å². The Balaban J connectivity index is 1.28. The monoisotopic (exact) mass is 697 g/mol. The van der Waals surface area contributed by atoms with Crippen LogP contribution in [0.1, 0.15) is 54.5 Å². The molecule has 1 amide bonds. The Morgan fingerprint density at radius 1 is 0.717 bits per heavy atom. The number of nitrogens with one attached hydrogen (secondary N) is 1. The lowest BCUT2D eigenvalue weighted by atomic mass is 9.77. The first-order chi connectivity index (χ1) is 26.1. The second-order valence-corrected chi connectivity index (χ2v) is 13.1. The SMILES string of the molecule is CCCCN(Cc1ccc(-c2ccccc2-c2nnnn2C(c2ccccc2)(c2ccccc2)c2ccccc2)cc1)c1ncccc1CNC(C)=O. The molecule has 264 valence electrons. The zero-order valence-electron chi connectivity index (χ0n) is 30.1. The number of aromatic nitrogens is 5. The predicted molar refractivity (Wildman–Crippen MR) is 211 cm³/mol. The van der Waals surface area contributed by atoms with E-state index in [1.807, 2.05) is 47.3 Å². The van der Waals surface area contributed by atoms with Gasteiger partial charge in [0, 0.05) is 43.9 Å². The number of pyridine rings is 1. The number of anilines is 1. The van der Waals surface area contributed by atoms with Crippen molar-refractivity contribution in [2.24, 2.45) is 0 Å². The molecule has 0 radical (unpaired) electrons. The molecule has 0 bridgehead atoms. The van der Waals surface area contributed by atoms with Gasteiger partial charge in [-0.3, -0.25) is 4.79 Å². The van der Waals surface area contributed by atoms with Crippen molar-refractivity contribution in [3.05, 3.63) is 186 Å². The number of amides is 1. The molecule has 0 saturated heterocycles. The summed E-state index contributed by atoms with van der Waals surface area (Å²) in [5, 5.41) is 16.8. The van der Waals surface area contributed by atoms with Crippen molar-refractivity contribution < 1.29 is 4.79 Å². The van der Waals surface area contributed by atoms with Gasteiger partial charge in [0.2, 0.25) is 5.91 Å². The fraction of sp³-hybridized carbons (Fsp3) is 0.178. The molecule has 7 rings (SSSR count). The highest BCUT2D eigenvalue weighted by atomic mass is 16.1. The van der Waals surface area contributed by atoms with Crippen molar-refractivity contribution in [3.8, 4) is 22.5 Å². The van der Waals surface area contributed by atoms with Crippen LogP contribution in [0.5, 0.6) is 0 Å². The molecule has 0 spiro atoms. The van der Waals surface area contributed by atoms with Crippen LogP contribution in [0.25, 0.3) is 22.5 Å². The smallest absolute Gasteiger partial charge is 0.217 e. The number of nitrogens with zero attached hydrogens (tertiary/aromatic N) is 6. The maximum Gasteiger partial charge on any atom is 0.217 e. The zero-order valence-corrected chi connectivity index (χ0v) is 30.1. The number of carbonyl (C=O) groups is 1. The van der Waals surface area contributed by atoms with Crippen molar-refractivity contribution in [1.29, 1.82) is 0 Å². The first-order valence-electron chi connectivity index (χ1n) is 18.2. The van der Waals surface area contributed by atoms with E-state index in [1.54, 1.807) is 0 Å². The van der Waals surface area contributed by atoms with E-state index < -0.39 is 5.54 Å². The van der Waals surface area contributed by atoms with Crippen LogP contribution in [0.2, 0.25) is 0 Å². The highest BCUT2D eigenvalue weighted by molar-refractivity contribution is 5.81. The van der Waals surface area contributed by atoms with E-state index in [9.17, 15) is 4.79 Å².